The molecule has 2 nitrogen and oxygen atoms in total. The van der Waals surface area contributed by atoms with Crippen molar-refractivity contribution >= 4 is 28.8 Å². The van der Waals surface area contributed by atoms with Gasteiger partial charge in [-0.25, -0.2) is 0 Å². The minimum absolute atomic E-state index is 0.167. The second-order valence-electron chi connectivity index (χ2n) is 4.80. The third-order valence-electron chi connectivity index (χ3n) is 3.44. The van der Waals surface area contributed by atoms with Crippen LogP contribution in [0.1, 0.15) is 37.1 Å². The van der Waals surface area contributed by atoms with Crippen LogP contribution < -0.4 is 0 Å². The van der Waals surface area contributed by atoms with Crippen molar-refractivity contribution in [2.75, 3.05) is 13.1 Å². The average molecular weight is 296 g/mol. The minimum Gasteiger partial charge on any atom is -0.343 e. The first-order valence-corrected chi connectivity index (χ1v) is 7.85. The molecule has 102 valence electrons. The van der Waals surface area contributed by atoms with Gasteiger partial charge in [-0.3, -0.25) is 4.79 Å². The summed E-state index contributed by atoms with van der Waals surface area (Å²) in [6.45, 7) is 5.40. The Morgan fingerprint density at radius 2 is 2.21 bits per heavy atom. The van der Waals surface area contributed by atoms with Gasteiger partial charge in [0.15, 0.2) is 0 Å². The van der Waals surface area contributed by atoms with E-state index in [4.69, 9.17) is 11.6 Å². The van der Waals surface area contributed by atoms with Crippen LogP contribution in [0.4, 0.5) is 0 Å². The second-order valence-corrected chi connectivity index (χ2v) is 6.54. The molecule has 1 aliphatic heterocycles. The molecule has 0 aromatic carbocycles. The van der Waals surface area contributed by atoms with Crippen molar-refractivity contribution in [3.8, 4) is 11.8 Å². The van der Waals surface area contributed by atoms with E-state index in [1.54, 1.807) is 18.3 Å². The highest BCUT2D eigenvalue weighted by atomic mass is 35.5. The third-order valence-corrected chi connectivity index (χ3v) is 4.94. The van der Waals surface area contributed by atoms with Gasteiger partial charge in [0.2, 0.25) is 5.91 Å². The lowest BCUT2D eigenvalue weighted by Crippen LogP contribution is -2.36. The van der Waals surface area contributed by atoms with Gasteiger partial charge in [-0.1, -0.05) is 30.4 Å². The smallest absolute Gasteiger partial charge is 0.219 e. The normalized spacial score (nSPS) is 16.1. The Labute approximate surface area is 123 Å². The summed E-state index contributed by atoms with van der Waals surface area (Å²) in [5, 5.41) is 0. The monoisotopic (exact) mass is 295 g/mol. The summed E-state index contributed by atoms with van der Waals surface area (Å²) in [4.78, 5) is 14.4. The van der Waals surface area contributed by atoms with Crippen molar-refractivity contribution < 1.29 is 4.79 Å². The molecule has 0 saturated carbocycles. The number of piperidine rings is 1. The van der Waals surface area contributed by atoms with Gasteiger partial charge in [-0.2, -0.15) is 0 Å². The number of hydrogen-bond acceptors (Lipinski definition) is 2. The van der Waals surface area contributed by atoms with Gasteiger partial charge in [-0.05, 0) is 25.3 Å². The summed E-state index contributed by atoms with van der Waals surface area (Å²) in [6.07, 6.45) is 2.94. The molecule has 0 radical (unpaired) electrons. The van der Waals surface area contributed by atoms with Crippen LogP contribution in [-0.4, -0.2) is 23.9 Å². The predicted octanol–water partition coefficient (Wildman–Crippen LogP) is 3.57. The highest BCUT2D eigenvalue weighted by molar-refractivity contribution is 7.16. The fourth-order valence-corrected chi connectivity index (χ4v) is 3.37. The van der Waals surface area contributed by atoms with Crippen molar-refractivity contribution in [2.45, 2.75) is 33.1 Å². The number of carbonyl (C=O) groups excluding carboxylic acids is 1. The highest BCUT2D eigenvalue weighted by Gasteiger charge is 2.19. The number of hydrogen-bond donors (Lipinski definition) is 0. The van der Waals surface area contributed by atoms with E-state index < -0.39 is 0 Å². The Bertz CT molecular complexity index is 518. The Morgan fingerprint density at radius 3 is 2.74 bits per heavy atom. The van der Waals surface area contributed by atoms with Gasteiger partial charge < -0.3 is 4.90 Å². The van der Waals surface area contributed by atoms with E-state index in [9.17, 15) is 4.79 Å². The fraction of sp³-hybridized carbons (Fsp3) is 0.533. The quantitative estimate of drug-likeness (QED) is 0.725. The molecule has 1 aromatic rings. The fourth-order valence-electron chi connectivity index (χ4n) is 2.20. The maximum atomic E-state index is 11.2. The highest BCUT2D eigenvalue weighted by Crippen LogP contribution is 2.27. The molecule has 0 N–H and O–H groups in total. The molecule has 2 heterocycles. The predicted molar refractivity (Wildman–Crippen MR) is 80.6 cm³/mol. The Balaban J connectivity index is 1.97. The number of thiophene rings is 1. The maximum Gasteiger partial charge on any atom is 0.219 e. The standard InChI is InChI=1S/C15H18ClNOS/c1-3-14-10-13(15(16)19-14)5-4-12-6-8-17(9-7-12)11(2)18/h10,12H,3,6-9H2,1-2H3. The molecule has 2 rings (SSSR count). The molecule has 0 bridgehead atoms. The van der Waals surface area contributed by atoms with E-state index in [-0.39, 0.29) is 5.91 Å². The van der Waals surface area contributed by atoms with E-state index in [0.717, 1.165) is 42.3 Å². The number of carbonyl (C=O) groups is 1. The average Bonchev–Trinajstić information content (AvgIpc) is 2.77. The molecule has 19 heavy (non-hydrogen) atoms. The number of nitrogens with zero attached hydrogens (tertiary/aromatic N) is 1. The SMILES string of the molecule is CCc1cc(C#CC2CCN(C(C)=O)CC2)c(Cl)s1. The minimum atomic E-state index is 0.167. The van der Waals surface area contributed by atoms with Crippen LogP contribution in [0.25, 0.3) is 0 Å². The molecule has 1 amide bonds. The number of aryl methyl sites for hydroxylation is 1. The van der Waals surface area contributed by atoms with Gasteiger partial charge in [0.25, 0.3) is 0 Å². The number of rotatable bonds is 1. The van der Waals surface area contributed by atoms with Gasteiger partial charge in [0.05, 0.1) is 5.56 Å². The largest absolute Gasteiger partial charge is 0.343 e. The molecule has 0 atom stereocenters. The summed E-state index contributed by atoms with van der Waals surface area (Å²) in [5.41, 5.74) is 0.956. The summed E-state index contributed by atoms with van der Waals surface area (Å²) in [7, 11) is 0. The van der Waals surface area contributed by atoms with Gasteiger partial charge in [-0.15, -0.1) is 11.3 Å². The molecule has 1 fully saturated rings. The van der Waals surface area contributed by atoms with Gasteiger partial charge in [0.1, 0.15) is 4.34 Å². The van der Waals surface area contributed by atoms with E-state index in [2.05, 4.69) is 24.8 Å². The number of amides is 1. The zero-order valence-corrected chi connectivity index (χ0v) is 12.9. The summed E-state index contributed by atoms with van der Waals surface area (Å²) < 4.78 is 0.797. The van der Waals surface area contributed by atoms with Crippen molar-refractivity contribution in [1.82, 2.24) is 4.90 Å². The first-order chi connectivity index (χ1) is 9.10. The lowest BCUT2D eigenvalue weighted by molar-refractivity contribution is -0.129. The topological polar surface area (TPSA) is 20.3 Å². The first-order valence-electron chi connectivity index (χ1n) is 6.65. The molecular weight excluding hydrogens is 278 g/mol. The lowest BCUT2D eigenvalue weighted by atomic mass is 9.97. The maximum absolute atomic E-state index is 11.2. The van der Waals surface area contributed by atoms with Crippen molar-refractivity contribution in [2.24, 2.45) is 5.92 Å². The van der Waals surface area contributed by atoms with Crippen LogP contribution in [0.2, 0.25) is 4.34 Å². The molecule has 0 unspecified atom stereocenters. The summed E-state index contributed by atoms with van der Waals surface area (Å²) >= 11 is 7.78. The Morgan fingerprint density at radius 1 is 1.53 bits per heavy atom. The van der Waals surface area contributed by atoms with Crippen molar-refractivity contribution in [1.29, 1.82) is 0 Å². The van der Waals surface area contributed by atoms with Crippen LogP contribution in [0.15, 0.2) is 6.07 Å². The third kappa shape index (κ3) is 3.75. The molecule has 1 saturated heterocycles. The molecule has 1 aliphatic rings. The van der Waals surface area contributed by atoms with Gasteiger partial charge in [0, 0.05) is 30.8 Å². The molecular formula is C15H18ClNOS. The Kier molecular flexibility index (Phi) is 4.90. The Hall–Kier alpha value is -0.980. The van der Waals surface area contributed by atoms with E-state index >= 15 is 0 Å². The van der Waals surface area contributed by atoms with Gasteiger partial charge >= 0.3 is 0 Å². The van der Waals surface area contributed by atoms with Crippen LogP contribution in [0, 0.1) is 17.8 Å². The van der Waals surface area contributed by atoms with E-state index in [1.807, 2.05) is 4.90 Å². The van der Waals surface area contributed by atoms with Crippen LogP contribution >= 0.6 is 22.9 Å². The molecule has 0 aliphatic carbocycles. The van der Waals surface area contributed by atoms with Crippen molar-refractivity contribution in [3.05, 3.63) is 20.8 Å². The number of likely N-dealkylation sites (tertiary alicyclic amines) is 1. The number of halogens is 1. The second kappa shape index (κ2) is 6.45. The summed E-state index contributed by atoms with van der Waals surface area (Å²) in [5.74, 6) is 7.07. The molecule has 0 spiro atoms. The first kappa shape index (κ1) is 14.4. The summed E-state index contributed by atoms with van der Waals surface area (Å²) in [6, 6.07) is 2.09. The molecule has 4 heteroatoms. The van der Waals surface area contributed by atoms with E-state index in [1.165, 1.54) is 4.88 Å². The van der Waals surface area contributed by atoms with Crippen molar-refractivity contribution in [3.63, 3.8) is 0 Å². The zero-order valence-electron chi connectivity index (χ0n) is 11.3. The lowest BCUT2D eigenvalue weighted by Gasteiger charge is -2.28. The van der Waals surface area contributed by atoms with Crippen LogP contribution in [0.5, 0.6) is 0 Å². The van der Waals surface area contributed by atoms with E-state index in [0.29, 0.717) is 5.92 Å². The zero-order chi connectivity index (χ0) is 13.8. The van der Waals surface area contributed by atoms with Crippen LogP contribution in [0.3, 0.4) is 0 Å². The van der Waals surface area contributed by atoms with Crippen LogP contribution in [-0.2, 0) is 11.2 Å². The molecule has 1 aromatic heterocycles.